The summed E-state index contributed by atoms with van der Waals surface area (Å²) >= 11 is 13.3. The molecule has 1 unspecified atom stereocenters. The molecule has 0 amide bonds. The summed E-state index contributed by atoms with van der Waals surface area (Å²) in [5, 5.41) is 7.48. The van der Waals surface area contributed by atoms with Gasteiger partial charge in [0.05, 0.1) is 24.7 Å². The molecule has 1 heterocycles. The Hall–Kier alpha value is -3.15. The van der Waals surface area contributed by atoms with Crippen LogP contribution in [-0.4, -0.2) is 56.3 Å². The van der Waals surface area contributed by atoms with E-state index in [2.05, 4.69) is 4.40 Å². The fourth-order valence-corrected chi connectivity index (χ4v) is 6.19. The van der Waals surface area contributed by atoms with E-state index in [0.717, 1.165) is 22.9 Å². The minimum Gasteiger partial charge on any atom is -0.463 e. The van der Waals surface area contributed by atoms with Crippen LogP contribution >= 0.6 is 35.0 Å². The van der Waals surface area contributed by atoms with Gasteiger partial charge in [0.2, 0.25) is 0 Å². The minimum absolute atomic E-state index is 0.00391. The van der Waals surface area contributed by atoms with Gasteiger partial charge in [-0.2, -0.15) is 13.5 Å². The van der Waals surface area contributed by atoms with Crippen molar-refractivity contribution < 1.29 is 22.7 Å². The summed E-state index contributed by atoms with van der Waals surface area (Å²) in [6.07, 6.45) is 4.60. The number of rotatable bonds is 9. The average molecular weight is 633 g/mol. The highest BCUT2D eigenvalue weighted by atomic mass is 35.5. The molecule has 41 heavy (non-hydrogen) atoms. The summed E-state index contributed by atoms with van der Waals surface area (Å²) in [6, 6.07) is 22.4. The summed E-state index contributed by atoms with van der Waals surface area (Å²) in [5.74, 6) is -0.478. The van der Waals surface area contributed by atoms with Crippen molar-refractivity contribution in [1.29, 1.82) is 0 Å². The summed E-state index contributed by atoms with van der Waals surface area (Å²) < 4.78 is 42.0. The van der Waals surface area contributed by atoms with Gasteiger partial charge in [-0.15, -0.1) is 4.40 Å². The topological polar surface area (TPSA) is 97.6 Å². The zero-order valence-electron chi connectivity index (χ0n) is 22.2. The van der Waals surface area contributed by atoms with Gasteiger partial charge in [-0.05, 0) is 55.1 Å². The lowest BCUT2D eigenvalue weighted by Crippen LogP contribution is -2.42. The molecule has 0 saturated heterocycles. The number of carbonyl (C=O) groups is 1. The van der Waals surface area contributed by atoms with Crippen LogP contribution in [0.5, 0.6) is 0 Å². The molecular weight excluding hydrogens is 605 g/mol. The highest BCUT2D eigenvalue weighted by molar-refractivity contribution is 8.13. The lowest BCUT2D eigenvalue weighted by Gasteiger charge is -2.31. The normalized spacial score (nSPS) is 17.6. The van der Waals surface area contributed by atoms with Gasteiger partial charge in [-0.3, -0.25) is 0 Å². The third kappa shape index (κ3) is 7.38. The van der Waals surface area contributed by atoms with Crippen LogP contribution < -0.4 is 0 Å². The zero-order valence-corrected chi connectivity index (χ0v) is 25.4. The molecule has 1 aliphatic heterocycles. The molecule has 1 atom stereocenters. The van der Waals surface area contributed by atoms with Gasteiger partial charge in [0, 0.05) is 21.7 Å². The second-order valence-electron chi connectivity index (χ2n) is 8.68. The van der Waals surface area contributed by atoms with Crippen LogP contribution in [0.1, 0.15) is 18.1 Å². The maximum absolute atomic E-state index is 13.2. The van der Waals surface area contributed by atoms with Crippen LogP contribution in [0.15, 0.2) is 105 Å². The van der Waals surface area contributed by atoms with Crippen molar-refractivity contribution in [3.63, 3.8) is 0 Å². The van der Waals surface area contributed by atoms with E-state index in [4.69, 9.17) is 37.8 Å². The number of hydrogen-bond donors (Lipinski definition) is 0. The molecule has 0 saturated carbocycles. The Morgan fingerprint density at radius 3 is 2.29 bits per heavy atom. The second-order valence-corrected chi connectivity index (χ2v) is 11.9. The van der Waals surface area contributed by atoms with Crippen LogP contribution in [0.4, 0.5) is 0 Å². The van der Waals surface area contributed by atoms with Gasteiger partial charge in [-0.1, -0.05) is 83.5 Å². The zero-order chi connectivity index (χ0) is 29.5. The minimum atomic E-state index is -4.07. The van der Waals surface area contributed by atoms with Crippen molar-refractivity contribution >= 4 is 61.8 Å². The highest BCUT2D eigenvalue weighted by Crippen LogP contribution is 2.38. The first-order valence-corrected chi connectivity index (χ1v) is 15.9. The highest BCUT2D eigenvalue weighted by Gasteiger charge is 2.47. The molecule has 1 aliphatic rings. The van der Waals surface area contributed by atoms with E-state index in [1.807, 2.05) is 42.5 Å². The van der Waals surface area contributed by atoms with Gasteiger partial charge < -0.3 is 9.47 Å². The molecule has 4 rings (SSSR count). The van der Waals surface area contributed by atoms with Crippen molar-refractivity contribution in [1.82, 2.24) is 5.01 Å². The molecule has 0 radical (unpaired) electrons. The van der Waals surface area contributed by atoms with E-state index >= 15 is 0 Å². The number of benzene rings is 3. The predicted octanol–water partition coefficient (Wildman–Crippen LogP) is 6.15. The van der Waals surface area contributed by atoms with E-state index in [1.54, 1.807) is 31.4 Å². The average Bonchev–Trinajstić information content (AvgIpc) is 3.36. The third-order valence-electron chi connectivity index (χ3n) is 6.01. The molecule has 8 nitrogen and oxygen atoms in total. The summed E-state index contributed by atoms with van der Waals surface area (Å²) in [6.45, 7) is 2.14. The molecule has 0 aliphatic carbocycles. The van der Waals surface area contributed by atoms with Crippen molar-refractivity contribution in [2.75, 3.05) is 26.0 Å². The Labute approximate surface area is 253 Å². The number of hydrazone groups is 1. The van der Waals surface area contributed by atoms with Gasteiger partial charge in [0.25, 0.3) is 10.0 Å². The summed E-state index contributed by atoms with van der Waals surface area (Å²) in [4.78, 5) is 11.9. The predicted molar refractivity (Wildman–Crippen MR) is 164 cm³/mol. The monoisotopic (exact) mass is 631 g/mol. The lowest BCUT2D eigenvalue weighted by molar-refractivity contribution is -0.137. The molecule has 0 spiro atoms. The van der Waals surface area contributed by atoms with Crippen LogP contribution in [0.2, 0.25) is 10.0 Å². The third-order valence-corrected chi connectivity index (χ3v) is 8.58. The summed E-state index contributed by atoms with van der Waals surface area (Å²) in [5.41, 5.74) is 0.864. The smallest absolute Gasteiger partial charge is 0.330 e. The standard InChI is InChI=1S/C29H27Cl2N3O5S2/c1-3-38-26(35)10-7-19-39-29(22-8-5-4-6-9-22)20-34(32-27(29)21-11-13-23(30)14-12-21)28(40-2)33-41(36,37)25-17-15-24(31)16-18-25/h4-18H,3,19-20H2,1-2H3/b10-7+,33-28-. The number of nitrogens with zero attached hydrogens (tertiary/aromatic N) is 3. The number of thioether (sulfide) groups is 1. The maximum Gasteiger partial charge on any atom is 0.330 e. The molecule has 0 fully saturated rings. The Bertz CT molecular complexity index is 1560. The Balaban J connectivity index is 1.80. The first-order valence-electron chi connectivity index (χ1n) is 12.5. The van der Waals surface area contributed by atoms with E-state index < -0.39 is 21.6 Å². The van der Waals surface area contributed by atoms with Crippen LogP contribution in [0.3, 0.4) is 0 Å². The number of amidine groups is 1. The number of sulfonamides is 1. The quantitative estimate of drug-likeness (QED) is 0.121. The van der Waals surface area contributed by atoms with Crippen LogP contribution in [0, 0.1) is 0 Å². The van der Waals surface area contributed by atoms with Crippen molar-refractivity contribution in [3.8, 4) is 0 Å². The van der Waals surface area contributed by atoms with E-state index in [1.165, 1.54) is 35.4 Å². The van der Waals surface area contributed by atoms with E-state index in [0.29, 0.717) is 15.8 Å². The molecule has 12 heteroatoms. The molecule has 0 N–H and O–H groups in total. The van der Waals surface area contributed by atoms with Gasteiger partial charge in [0.1, 0.15) is 5.71 Å². The van der Waals surface area contributed by atoms with E-state index in [9.17, 15) is 13.2 Å². The van der Waals surface area contributed by atoms with Crippen molar-refractivity contribution in [2.45, 2.75) is 17.4 Å². The van der Waals surface area contributed by atoms with Gasteiger partial charge >= 0.3 is 5.97 Å². The first kappa shape index (κ1) is 30.8. The number of ether oxygens (including phenoxy) is 2. The van der Waals surface area contributed by atoms with Crippen molar-refractivity contribution in [3.05, 3.63) is 112 Å². The van der Waals surface area contributed by atoms with E-state index in [-0.39, 0.29) is 29.8 Å². The first-order chi connectivity index (χ1) is 19.7. The number of hydrogen-bond acceptors (Lipinski definition) is 7. The molecule has 214 valence electrons. The Kier molecular flexibility index (Phi) is 10.3. The SMILES string of the molecule is CCOC(=O)/C=C/COC1(c2ccccc2)CN(/C(=N/S(=O)(=O)c2ccc(Cl)cc2)SC)N=C1c1ccc(Cl)cc1. The fourth-order valence-electron chi connectivity index (χ4n) is 4.14. The number of esters is 1. The lowest BCUT2D eigenvalue weighted by atomic mass is 9.85. The van der Waals surface area contributed by atoms with Crippen LogP contribution in [0.25, 0.3) is 0 Å². The second kappa shape index (κ2) is 13.7. The van der Waals surface area contributed by atoms with Gasteiger partial charge in [-0.25, -0.2) is 9.80 Å². The molecule has 3 aromatic carbocycles. The van der Waals surface area contributed by atoms with Crippen molar-refractivity contribution in [2.24, 2.45) is 9.50 Å². The number of halogens is 2. The maximum atomic E-state index is 13.2. The molecule has 0 bridgehead atoms. The molecule has 0 aromatic heterocycles. The Morgan fingerprint density at radius 1 is 1.05 bits per heavy atom. The largest absolute Gasteiger partial charge is 0.463 e. The van der Waals surface area contributed by atoms with Gasteiger partial charge in [0.15, 0.2) is 10.8 Å². The fraction of sp³-hybridized carbons (Fsp3) is 0.207. The molecular formula is C29H27Cl2N3O5S2. The number of carbonyl (C=O) groups excluding carboxylic acids is 1. The summed E-state index contributed by atoms with van der Waals surface area (Å²) in [7, 11) is -4.07. The Morgan fingerprint density at radius 2 is 1.68 bits per heavy atom. The molecule has 3 aromatic rings. The van der Waals surface area contributed by atoms with Crippen LogP contribution in [-0.2, 0) is 29.9 Å².